The first-order chi connectivity index (χ1) is 8.08. The number of carbonyl (C=O) groups is 2. The van der Waals surface area contributed by atoms with Gasteiger partial charge in [0.25, 0.3) is 0 Å². The van der Waals surface area contributed by atoms with Crippen LogP contribution >= 0.6 is 15.9 Å². The molecule has 1 aliphatic heterocycles. The monoisotopic (exact) mass is 295 g/mol. The lowest BCUT2D eigenvalue weighted by Gasteiger charge is -2.08. The largest absolute Gasteiger partial charge is 0.465 e. The highest BCUT2D eigenvalue weighted by Gasteiger charge is 2.57. The predicted octanol–water partition coefficient (Wildman–Crippen LogP) is 2.22. The van der Waals surface area contributed by atoms with Crippen LogP contribution in [0.1, 0.15) is 28.8 Å². The van der Waals surface area contributed by atoms with Gasteiger partial charge in [-0.05, 0) is 25.0 Å². The van der Waals surface area contributed by atoms with Gasteiger partial charge in [0.15, 0.2) is 0 Å². The number of amides is 1. The fraction of sp³-hybridized carbons (Fsp3) is 0.333. The number of anilines is 1. The molecule has 0 saturated heterocycles. The third-order valence-corrected chi connectivity index (χ3v) is 4.05. The molecule has 88 valence electrons. The number of ether oxygens (including phenoxy) is 1. The molecule has 0 atom stereocenters. The highest BCUT2D eigenvalue weighted by Crippen LogP contribution is 2.57. The molecule has 1 aromatic rings. The second kappa shape index (κ2) is 3.32. The summed E-state index contributed by atoms with van der Waals surface area (Å²) in [4.78, 5) is 23.3. The Hall–Kier alpha value is -1.36. The van der Waals surface area contributed by atoms with Gasteiger partial charge in [-0.3, -0.25) is 4.79 Å². The van der Waals surface area contributed by atoms with Crippen LogP contribution in [0.3, 0.4) is 0 Å². The van der Waals surface area contributed by atoms with Gasteiger partial charge < -0.3 is 10.1 Å². The minimum absolute atomic E-state index is 0.0372. The fourth-order valence-corrected chi connectivity index (χ4v) is 3.22. The molecule has 0 unspecified atom stereocenters. The highest BCUT2D eigenvalue weighted by atomic mass is 79.9. The number of nitrogens with one attached hydrogen (secondary N) is 1. The van der Waals surface area contributed by atoms with Gasteiger partial charge in [0.05, 0.1) is 18.1 Å². The van der Waals surface area contributed by atoms with Gasteiger partial charge in [0.1, 0.15) is 0 Å². The van der Waals surface area contributed by atoms with Crippen LogP contribution in [-0.4, -0.2) is 19.0 Å². The molecule has 17 heavy (non-hydrogen) atoms. The zero-order valence-electron chi connectivity index (χ0n) is 9.17. The van der Waals surface area contributed by atoms with E-state index in [0.29, 0.717) is 5.56 Å². The number of hydrogen-bond donors (Lipinski definition) is 1. The summed E-state index contributed by atoms with van der Waals surface area (Å²) >= 11 is 3.44. The van der Waals surface area contributed by atoms with Crippen molar-refractivity contribution >= 4 is 33.5 Å². The van der Waals surface area contributed by atoms with Gasteiger partial charge in [-0.25, -0.2) is 4.79 Å². The average Bonchev–Trinajstić information content (AvgIpc) is 3.02. The van der Waals surface area contributed by atoms with E-state index in [2.05, 4.69) is 26.0 Å². The second-order valence-corrected chi connectivity index (χ2v) is 5.26. The Balaban J connectivity index is 2.15. The van der Waals surface area contributed by atoms with E-state index in [0.717, 1.165) is 28.6 Å². The first-order valence-electron chi connectivity index (χ1n) is 5.32. The number of hydrogen-bond acceptors (Lipinski definition) is 3. The van der Waals surface area contributed by atoms with Crippen molar-refractivity contribution in [3.05, 3.63) is 27.7 Å². The third kappa shape index (κ3) is 1.35. The number of benzene rings is 1. The van der Waals surface area contributed by atoms with Gasteiger partial charge in [-0.2, -0.15) is 0 Å². The maximum atomic E-state index is 11.9. The minimum atomic E-state index is -0.403. The van der Waals surface area contributed by atoms with Crippen LogP contribution in [0.5, 0.6) is 0 Å². The predicted molar refractivity (Wildman–Crippen MR) is 65.0 cm³/mol. The van der Waals surface area contributed by atoms with Crippen molar-refractivity contribution in [1.29, 1.82) is 0 Å². The van der Waals surface area contributed by atoms with Crippen LogP contribution in [0.2, 0.25) is 0 Å². The molecule has 0 aromatic heterocycles. The van der Waals surface area contributed by atoms with E-state index in [4.69, 9.17) is 0 Å². The highest BCUT2D eigenvalue weighted by molar-refractivity contribution is 9.10. The fourth-order valence-electron chi connectivity index (χ4n) is 2.38. The molecule has 3 rings (SSSR count). The van der Waals surface area contributed by atoms with E-state index in [-0.39, 0.29) is 11.3 Å². The van der Waals surface area contributed by atoms with Crippen molar-refractivity contribution in [2.75, 3.05) is 12.4 Å². The Bertz CT molecular complexity index is 549. The Morgan fingerprint density at radius 3 is 2.76 bits per heavy atom. The van der Waals surface area contributed by atoms with Gasteiger partial charge in [-0.15, -0.1) is 0 Å². The standard InChI is InChI=1S/C12H10BrNO3/c1-17-10(15)6-4-7(13)9-8(5-6)14-11(16)12(9)2-3-12/h4-5H,2-3H2,1H3,(H,14,16). The van der Waals surface area contributed by atoms with Crippen molar-refractivity contribution in [2.45, 2.75) is 18.3 Å². The summed E-state index contributed by atoms with van der Waals surface area (Å²) in [6, 6.07) is 3.39. The van der Waals surface area contributed by atoms with Crippen molar-refractivity contribution in [3.63, 3.8) is 0 Å². The van der Waals surface area contributed by atoms with Gasteiger partial charge in [0, 0.05) is 15.7 Å². The van der Waals surface area contributed by atoms with Crippen molar-refractivity contribution < 1.29 is 14.3 Å². The molecule has 0 bridgehead atoms. The van der Waals surface area contributed by atoms with Crippen molar-refractivity contribution in [1.82, 2.24) is 0 Å². The number of methoxy groups -OCH3 is 1. The van der Waals surface area contributed by atoms with Crippen LogP contribution in [0.4, 0.5) is 5.69 Å². The molecule has 4 nitrogen and oxygen atoms in total. The maximum Gasteiger partial charge on any atom is 0.337 e. The van der Waals surface area contributed by atoms with E-state index in [9.17, 15) is 9.59 Å². The zero-order valence-corrected chi connectivity index (χ0v) is 10.8. The lowest BCUT2D eigenvalue weighted by Crippen LogP contribution is -2.18. The molecule has 1 amide bonds. The van der Waals surface area contributed by atoms with Crippen molar-refractivity contribution in [3.8, 4) is 0 Å². The molecule has 1 N–H and O–H groups in total. The Labute approximate surface area is 106 Å². The molecular weight excluding hydrogens is 286 g/mol. The lowest BCUT2D eigenvalue weighted by atomic mass is 9.97. The third-order valence-electron chi connectivity index (χ3n) is 3.42. The summed E-state index contributed by atoms with van der Waals surface area (Å²) in [5, 5.41) is 2.83. The number of rotatable bonds is 1. The summed E-state index contributed by atoms with van der Waals surface area (Å²) in [5.74, 6) is -0.366. The van der Waals surface area contributed by atoms with E-state index in [1.165, 1.54) is 7.11 Å². The molecule has 2 aliphatic rings. The molecule has 5 heteroatoms. The van der Waals surface area contributed by atoms with Crippen LogP contribution in [-0.2, 0) is 14.9 Å². The topological polar surface area (TPSA) is 55.4 Å². The van der Waals surface area contributed by atoms with Crippen LogP contribution in [0.25, 0.3) is 0 Å². The van der Waals surface area contributed by atoms with Gasteiger partial charge in [-0.1, -0.05) is 15.9 Å². The smallest absolute Gasteiger partial charge is 0.337 e. The van der Waals surface area contributed by atoms with E-state index < -0.39 is 5.97 Å². The summed E-state index contributed by atoms with van der Waals surface area (Å²) in [7, 11) is 1.34. The average molecular weight is 296 g/mol. The number of fused-ring (bicyclic) bond motifs is 2. The number of carbonyl (C=O) groups excluding carboxylic acids is 2. The summed E-state index contributed by atoms with van der Waals surface area (Å²) in [6.45, 7) is 0. The summed E-state index contributed by atoms with van der Waals surface area (Å²) in [5.41, 5.74) is 1.80. The van der Waals surface area contributed by atoms with Gasteiger partial charge in [0.2, 0.25) is 5.91 Å². The molecule has 1 saturated carbocycles. The van der Waals surface area contributed by atoms with Crippen LogP contribution in [0, 0.1) is 0 Å². The van der Waals surface area contributed by atoms with Gasteiger partial charge >= 0.3 is 5.97 Å². The van der Waals surface area contributed by atoms with E-state index in [1.54, 1.807) is 12.1 Å². The zero-order chi connectivity index (χ0) is 12.2. The normalized spacial score (nSPS) is 18.8. The molecule has 1 aliphatic carbocycles. The Morgan fingerprint density at radius 2 is 2.18 bits per heavy atom. The SMILES string of the molecule is COC(=O)c1cc(Br)c2c(c1)NC(=O)C21CC1. The molecule has 1 fully saturated rings. The second-order valence-electron chi connectivity index (χ2n) is 4.41. The van der Waals surface area contributed by atoms with Crippen LogP contribution < -0.4 is 5.32 Å². The minimum Gasteiger partial charge on any atom is -0.465 e. The summed E-state index contributed by atoms with van der Waals surface area (Å²) < 4.78 is 5.47. The first-order valence-corrected chi connectivity index (χ1v) is 6.11. The molecular formula is C12H10BrNO3. The Morgan fingerprint density at radius 1 is 1.47 bits per heavy atom. The molecule has 1 heterocycles. The lowest BCUT2D eigenvalue weighted by molar-refractivity contribution is -0.117. The maximum absolute atomic E-state index is 11.9. The molecule has 0 radical (unpaired) electrons. The quantitative estimate of drug-likeness (QED) is 0.808. The molecule has 1 aromatic carbocycles. The van der Waals surface area contributed by atoms with Crippen molar-refractivity contribution in [2.24, 2.45) is 0 Å². The Kier molecular flexibility index (Phi) is 2.10. The van der Waals surface area contributed by atoms with E-state index >= 15 is 0 Å². The number of esters is 1. The van der Waals surface area contributed by atoms with E-state index in [1.807, 2.05) is 0 Å². The molecule has 1 spiro atoms. The first kappa shape index (κ1) is 10.8. The summed E-state index contributed by atoms with van der Waals surface area (Å²) in [6.07, 6.45) is 1.75. The van der Waals surface area contributed by atoms with Crippen LogP contribution in [0.15, 0.2) is 16.6 Å². The number of halogens is 1.